The second-order valence-electron chi connectivity index (χ2n) is 4.48. The minimum Gasteiger partial charge on any atom is -0.359 e. The Bertz CT molecular complexity index is 301. The maximum absolute atomic E-state index is 9.74. The summed E-state index contributed by atoms with van der Waals surface area (Å²) in [5, 5.41) is 0. The second kappa shape index (κ2) is 32.6. The Hall–Kier alpha value is -1.09. The van der Waals surface area contributed by atoms with Crippen LogP contribution in [0.2, 0.25) is 0 Å². The zero-order chi connectivity index (χ0) is 19.0. The molecular formula is C20H42O7. The Morgan fingerprint density at radius 3 is 1.70 bits per heavy atom. The van der Waals surface area contributed by atoms with Crippen molar-refractivity contribution in [1.82, 2.24) is 0 Å². The molecule has 0 N–H and O–H groups in total. The van der Waals surface area contributed by atoms with Crippen LogP contribution in [0.3, 0.4) is 0 Å². The van der Waals surface area contributed by atoms with Crippen molar-refractivity contribution in [3.05, 3.63) is 24.3 Å². The standard InChI is InChI=1S/C11H22O4.C7H12O3.2CH4/c1-4-14-11(15-5-2)8-6-7-9-13-10-12-3;1-9-7-10-6-4-2-3-5-8;;/h6,8,11H,4-5,7,9-10H2,1-3H3;2-3,5H,4,6-7H2,1H3;2*1H4/b8-6-;3-2+;;. The molecule has 0 aromatic rings. The van der Waals surface area contributed by atoms with Crippen molar-refractivity contribution in [2.45, 2.75) is 47.8 Å². The Morgan fingerprint density at radius 2 is 1.30 bits per heavy atom. The molecule has 0 aliphatic rings. The molecule has 0 atom stereocenters. The third kappa shape index (κ3) is 33.0. The molecule has 7 nitrogen and oxygen atoms in total. The van der Waals surface area contributed by atoms with E-state index in [1.807, 2.05) is 26.0 Å². The van der Waals surface area contributed by atoms with Gasteiger partial charge in [-0.05, 0) is 38.8 Å². The third-order valence-corrected chi connectivity index (χ3v) is 2.43. The first-order valence-electron chi connectivity index (χ1n) is 8.40. The van der Waals surface area contributed by atoms with Gasteiger partial charge in [-0.25, -0.2) is 0 Å². The fourth-order valence-corrected chi connectivity index (χ4v) is 1.43. The molecule has 0 fully saturated rings. The molecule has 7 heteroatoms. The predicted octanol–water partition coefficient (Wildman–Crippen LogP) is 3.98. The minimum atomic E-state index is -0.234. The lowest BCUT2D eigenvalue weighted by atomic mass is 10.4. The largest absolute Gasteiger partial charge is 0.359 e. The average Bonchev–Trinajstić information content (AvgIpc) is 2.62. The van der Waals surface area contributed by atoms with Crippen molar-refractivity contribution in [2.75, 3.05) is 54.2 Å². The summed E-state index contributed by atoms with van der Waals surface area (Å²) in [6, 6.07) is 0. The SMILES string of the molecule is C.C.CCOC(/C=C\CCOCOC)OCC.COCOCC/C=C/C=O. The summed E-state index contributed by atoms with van der Waals surface area (Å²) in [5.41, 5.74) is 0. The summed E-state index contributed by atoms with van der Waals surface area (Å²) in [6.07, 6.45) is 9.20. The monoisotopic (exact) mass is 394 g/mol. The lowest BCUT2D eigenvalue weighted by Gasteiger charge is -2.12. The number of hydrogen-bond donors (Lipinski definition) is 0. The van der Waals surface area contributed by atoms with Crippen LogP contribution in [0.1, 0.15) is 41.5 Å². The van der Waals surface area contributed by atoms with Crippen LogP contribution in [0.5, 0.6) is 0 Å². The van der Waals surface area contributed by atoms with E-state index in [9.17, 15) is 4.79 Å². The highest BCUT2D eigenvalue weighted by atomic mass is 16.7. The maximum Gasteiger partial charge on any atom is 0.176 e. The fourth-order valence-electron chi connectivity index (χ4n) is 1.43. The number of ether oxygens (including phenoxy) is 6. The van der Waals surface area contributed by atoms with Crippen LogP contribution >= 0.6 is 0 Å². The molecule has 0 bridgehead atoms. The summed E-state index contributed by atoms with van der Waals surface area (Å²) in [6.45, 7) is 7.09. The van der Waals surface area contributed by atoms with Gasteiger partial charge in [-0.2, -0.15) is 0 Å². The molecule has 0 spiro atoms. The van der Waals surface area contributed by atoms with Gasteiger partial charge in [0.05, 0.1) is 13.2 Å². The molecule has 0 aromatic carbocycles. The van der Waals surface area contributed by atoms with Gasteiger partial charge < -0.3 is 28.4 Å². The lowest BCUT2D eigenvalue weighted by Crippen LogP contribution is -2.14. The van der Waals surface area contributed by atoms with Crippen LogP contribution in [0.15, 0.2) is 24.3 Å². The quantitative estimate of drug-likeness (QED) is 0.129. The van der Waals surface area contributed by atoms with E-state index in [2.05, 4.69) is 4.74 Å². The molecule has 0 unspecified atom stereocenters. The van der Waals surface area contributed by atoms with Crippen LogP contribution in [0.4, 0.5) is 0 Å². The summed E-state index contributed by atoms with van der Waals surface area (Å²) in [7, 11) is 3.18. The number of carbonyl (C=O) groups excluding carboxylic acids is 1. The van der Waals surface area contributed by atoms with Crippen molar-refractivity contribution in [3.8, 4) is 0 Å². The Balaban J connectivity index is -0.000000195. The highest BCUT2D eigenvalue weighted by Gasteiger charge is 2.00. The Morgan fingerprint density at radius 1 is 0.815 bits per heavy atom. The minimum absolute atomic E-state index is 0. The van der Waals surface area contributed by atoms with Gasteiger partial charge in [-0.15, -0.1) is 0 Å². The third-order valence-electron chi connectivity index (χ3n) is 2.43. The van der Waals surface area contributed by atoms with E-state index < -0.39 is 0 Å². The first-order valence-corrected chi connectivity index (χ1v) is 8.40. The lowest BCUT2D eigenvalue weighted by molar-refractivity contribution is -0.104. The first-order chi connectivity index (χ1) is 12.3. The molecule has 0 saturated heterocycles. The molecular weight excluding hydrogens is 352 g/mol. The molecule has 0 amide bonds. The molecule has 0 saturated carbocycles. The highest BCUT2D eigenvalue weighted by molar-refractivity contribution is 5.64. The van der Waals surface area contributed by atoms with Crippen LogP contribution in [-0.2, 0) is 33.2 Å². The summed E-state index contributed by atoms with van der Waals surface area (Å²) in [5.74, 6) is 0. The molecule has 0 radical (unpaired) electrons. The number of methoxy groups -OCH3 is 2. The molecule has 0 aromatic heterocycles. The average molecular weight is 395 g/mol. The maximum atomic E-state index is 9.74. The molecule has 0 rings (SSSR count). The second-order valence-corrected chi connectivity index (χ2v) is 4.48. The first kappa shape index (κ1) is 33.5. The van der Waals surface area contributed by atoms with Gasteiger partial charge in [0.25, 0.3) is 0 Å². The highest BCUT2D eigenvalue weighted by Crippen LogP contribution is 1.98. The van der Waals surface area contributed by atoms with Gasteiger partial charge in [-0.1, -0.05) is 27.0 Å². The zero-order valence-electron chi connectivity index (χ0n) is 16.0. The van der Waals surface area contributed by atoms with E-state index in [4.69, 9.17) is 23.7 Å². The van der Waals surface area contributed by atoms with E-state index in [1.54, 1.807) is 20.3 Å². The summed E-state index contributed by atoms with van der Waals surface area (Å²) < 4.78 is 30.1. The van der Waals surface area contributed by atoms with E-state index >= 15 is 0 Å². The topological polar surface area (TPSA) is 72.5 Å². The van der Waals surface area contributed by atoms with Crippen molar-refractivity contribution in [3.63, 3.8) is 0 Å². The number of aldehydes is 1. The van der Waals surface area contributed by atoms with Gasteiger partial charge in [0.2, 0.25) is 0 Å². The van der Waals surface area contributed by atoms with E-state index in [-0.39, 0.29) is 21.1 Å². The van der Waals surface area contributed by atoms with Gasteiger partial charge in [0.15, 0.2) is 6.29 Å². The molecule has 0 aliphatic heterocycles. The predicted molar refractivity (Wildman–Crippen MR) is 110 cm³/mol. The molecule has 0 aliphatic carbocycles. The van der Waals surface area contributed by atoms with Gasteiger partial charge in [0.1, 0.15) is 19.9 Å². The number of hydrogen-bond acceptors (Lipinski definition) is 7. The normalized spacial score (nSPS) is 10.4. The summed E-state index contributed by atoms with van der Waals surface area (Å²) in [4.78, 5) is 9.74. The van der Waals surface area contributed by atoms with Gasteiger partial charge in [0, 0.05) is 27.4 Å². The van der Waals surface area contributed by atoms with Crippen LogP contribution in [0, 0.1) is 0 Å². The van der Waals surface area contributed by atoms with Crippen LogP contribution < -0.4 is 0 Å². The van der Waals surface area contributed by atoms with E-state index in [0.29, 0.717) is 40.0 Å². The molecule has 0 heterocycles. The van der Waals surface area contributed by atoms with Crippen molar-refractivity contribution >= 4 is 6.29 Å². The van der Waals surface area contributed by atoms with E-state index in [0.717, 1.165) is 19.1 Å². The van der Waals surface area contributed by atoms with E-state index in [1.165, 1.54) is 6.08 Å². The Labute approximate surface area is 166 Å². The molecule has 27 heavy (non-hydrogen) atoms. The van der Waals surface area contributed by atoms with Gasteiger partial charge in [-0.3, -0.25) is 4.79 Å². The number of allylic oxidation sites excluding steroid dienone is 1. The Kier molecular flexibility index (Phi) is 40.4. The zero-order valence-corrected chi connectivity index (χ0v) is 16.0. The van der Waals surface area contributed by atoms with Crippen molar-refractivity contribution in [2.24, 2.45) is 0 Å². The smallest absolute Gasteiger partial charge is 0.176 e. The van der Waals surface area contributed by atoms with Gasteiger partial charge >= 0.3 is 0 Å². The van der Waals surface area contributed by atoms with Crippen LogP contribution in [-0.4, -0.2) is 66.8 Å². The van der Waals surface area contributed by atoms with Crippen molar-refractivity contribution < 1.29 is 33.2 Å². The number of carbonyl (C=O) groups is 1. The fraction of sp³-hybridized carbons (Fsp3) is 0.750. The summed E-state index contributed by atoms with van der Waals surface area (Å²) >= 11 is 0. The molecule has 164 valence electrons. The number of rotatable bonds is 16. The van der Waals surface area contributed by atoms with Crippen LogP contribution in [0.25, 0.3) is 0 Å². The van der Waals surface area contributed by atoms with Crippen molar-refractivity contribution in [1.29, 1.82) is 0 Å².